The molecule has 2 aliphatic carbocycles. The van der Waals surface area contributed by atoms with Crippen LogP contribution in [0, 0.1) is 3.57 Å². The Morgan fingerprint density at radius 3 is 2.16 bits per heavy atom. The summed E-state index contributed by atoms with van der Waals surface area (Å²) < 4.78 is 10.0. The molecule has 278 valence electrons. The molecule has 4 N–H and O–H groups in total. The normalized spacial score (nSPS) is 16.9. The number of nitrogens with one attached hydrogen (secondary N) is 2. The number of aromatic nitrogens is 3. The predicted octanol–water partition coefficient (Wildman–Crippen LogP) is 7.82. The summed E-state index contributed by atoms with van der Waals surface area (Å²) in [6.45, 7) is 0. The van der Waals surface area contributed by atoms with Gasteiger partial charge in [0, 0.05) is 0 Å². The number of rotatable bonds is 10. The average Bonchev–Trinajstić information content (AvgIpc) is 3.86. The number of pyridine rings is 1. The third kappa shape index (κ3) is 6.38. The second-order valence-corrected chi connectivity index (χ2v) is 17.2. The molecule has 3 atom stereocenters. The molecule has 2 aliphatic rings. The van der Waals surface area contributed by atoms with Gasteiger partial charge >= 0.3 is 340 Å². The van der Waals surface area contributed by atoms with E-state index in [1.54, 1.807) is 0 Å². The molecular formula is C49H44IN6-. The van der Waals surface area contributed by atoms with Crippen molar-refractivity contribution >= 4 is 38.1 Å². The van der Waals surface area contributed by atoms with Crippen LogP contribution in [-0.2, 0) is 0 Å². The molecule has 0 amide bonds. The number of hydrogen-bond acceptors (Lipinski definition) is 4. The van der Waals surface area contributed by atoms with Gasteiger partial charge in [0.1, 0.15) is 0 Å². The first-order valence-electron chi connectivity index (χ1n) is 19.7. The SMILES string of the molecule is NC(NC(N[I-]c1cccc(-c2c(C3C=CCCC3)n3ncc(-c4ccccc4)c3c3ccccc23)c1)n1c2ccccc2c2ccccc21)C1=CCCC=C1. The average molecular weight is 844 g/mol. The standard InChI is InChI=1S/C49H44IN6/c51-48(35-21-8-3-9-22-35)53-49(55-43-29-14-12-25-38(43)39-26-13-15-30-44(39)55)54-50-37-24-16-23-36(31-37)45-40-27-10-11-28-41(40)47-42(33-17-4-1-5-18-33)32-52-56(47)46(45)34-19-6-2-7-20-34/h1,4-6,8,10-19,21-32,34,48-49,53-54H,2-3,7,9,20,51H2/q-1. The van der Waals surface area contributed by atoms with Crippen LogP contribution in [0.4, 0.5) is 0 Å². The third-order valence-corrected chi connectivity index (χ3v) is 13.6. The Hall–Kier alpha value is -5.32. The third-order valence-electron chi connectivity index (χ3n) is 11.4. The Kier molecular flexibility index (Phi) is 9.60. The van der Waals surface area contributed by atoms with Gasteiger partial charge in [-0.1, -0.05) is 0 Å². The minimum atomic E-state index is -0.687. The van der Waals surface area contributed by atoms with Gasteiger partial charge < -0.3 is 0 Å². The molecular weight excluding hydrogens is 799 g/mol. The van der Waals surface area contributed by atoms with Gasteiger partial charge in [-0.05, 0) is 0 Å². The van der Waals surface area contributed by atoms with E-state index in [1.165, 1.54) is 76.0 Å². The fourth-order valence-electron chi connectivity index (χ4n) is 8.79. The Bertz CT molecular complexity index is 2760. The van der Waals surface area contributed by atoms with Crippen molar-refractivity contribution in [2.75, 3.05) is 0 Å². The first-order valence-corrected chi connectivity index (χ1v) is 21.9. The Morgan fingerprint density at radius 1 is 0.714 bits per heavy atom. The fraction of sp³-hybridized carbons (Fsp3) is 0.163. The van der Waals surface area contributed by atoms with Crippen LogP contribution in [0.2, 0.25) is 0 Å². The van der Waals surface area contributed by atoms with Gasteiger partial charge in [0.15, 0.2) is 0 Å². The van der Waals surface area contributed by atoms with E-state index in [0.717, 1.165) is 31.3 Å². The summed E-state index contributed by atoms with van der Waals surface area (Å²) in [6, 6.07) is 46.2. The number of benzene rings is 5. The molecule has 3 unspecified atom stereocenters. The van der Waals surface area contributed by atoms with Gasteiger partial charge in [0.25, 0.3) is 0 Å². The van der Waals surface area contributed by atoms with Crippen molar-refractivity contribution in [3.05, 3.63) is 179 Å². The quantitative estimate of drug-likeness (QED) is 0.0569. The van der Waals surface area contributed by atoms with E-state index < -0.39 is 21.5 Å². The molecule has 3 heterocycles. The van der Waals surface area contributed by atoms with Crippen LogP contribution in [-0.4, -0.2) is 20.3 Å². The van der Waals surface area contributed by atoms with Crippen molar-refractivity contribution in [3.8, 4) is 22.3 Å². The van der Waals surface area contributed by atoms with Gasteiger partial charge in [0.2, 0.25) is 0 Å². The predicted molar refractivity (Wildman–Crippen MR) is 227 cm³/mol. The molecule has 6 nitrogen and oxygen atoms in total. The molecule has 8 aromatic rings. The van der Waals surface area contributed by atoms with Crippen LogP contribution >= 0.6 is 0 Å². The fourth-order valence-corrected chi connectivity index (χ4v) is 10.8. The summed E-state index contributed by atoms with van der Waals surface area (Å²) in [5, 5.41) is 14.0. The zero-order valence-electron chi connectivity index (χ0n) is 31.2. The van der Waals surface area contributed by atoms with E-state index in [9.17, 15) is 0 Å². The number of allylic oxidation sites excluding steroid dienone is 4. The summed E-state index contributed by atoms with van der Waals surface area (Å²) in [6.07, 6.45) is 18.4. The maximum atomic E-state index is 6.95. The molecule has 0 bridgehead atoms. The number of halogens is 1. The van der Waals surface area contributed by atoms with Crippen LogP contribution in [0.25, 0.3) is 60.3 Å². The summed E-state index contributed by atoms with van der Waals surface area (Å²) in [4.78, 5) is 0. The monoisotopic (exact) mass is 843 g/mol. The van der Waals surface area contributed by atoms with Crippen molar-refractivity contribution in [1.29, 1.82) is 0 Å². The second-order valence-electron chi connectivity index (χ2n) is 14.8. The Balaban J connectivity index is 1.08. The van der Waals surface area contributed by atoms with Gasteiger partial charge in [-0.25, -0.2) is 0 Å². The van der Waals surface area contributed by atoms with Crippen molar-refractivity contribution < 1.29 is 21.5 Å². The summed E-state index contributed by atoms with van der Waals surface area (Å²) in [5.74, 6) is 0.263. The van der Waals surface area contributed by atoms with E-state index in [1.807, 2.05) is 0 Å². The Morgan fingerprint density at radius 2 is 1.43 bits per heavy atom. The summed E-state index contributed by atoms with van der Waals surface area (Å²) in [7, 11) is 0. The molecule has 3 aromatic heterocycles. The maximum absolute atomic E-state index is 6.95. The molecule has 7 heteroatoms. The molecule has 0 spiro atoms. The number of nitrogens with zero attached hydrogens (tertiary/aromatic N) is 3. The molecule has 56 heavy (non-hydrogen) atoms. The molecule has 0 saturated carbocycles. The van der Waals surface area contributed by atoms with Gasteiger partial charge in [-0.3, -0.25) is 0 Å². The summed E-state index contributed by atoms with van der Waals surface area (Å²) in [5.41, 5.74) is 17.7. The number of nitrogens with two attached hydrogens (primary N) is 1. The zero-order valence-corrected chi connectivity index (χ0v) is 33.3. The van der Waals surface area contributed by atoms with Gasteiger partial charge in [-0.2, -0.15) is 0 Å². The Labute approximate surface area is 338 Å². The van der Waals surface area contributed by atoms with E-state index >= 15 is 0 Å². The molecule has 0 radical (unpaired) electrons. The van der Waals surface area contributed by atoms with E-state index in [2.05, 4.69) is 182 Å². The first kappa shape index (κ1) is 35.1. The molecule has 0 fully saturated rings. The van der Waals surface area contributed by atoms with Crippen molar-refractivity contribution in [3.63, 3.8) is 0 Å². The van der Waals surface area contributed by atoms with Crippen LogP contribution in [0.5, 0.6) is 0 Å². The van der Waals surface area contributed by atoms with Crippen LogP contribution in [0.15, 0.2) is 170 Å². The molecule has 5 aromatic carbocycles. The van der Waals surface area contributed by atoms with Crippen LogP contribution in [0.3, 0.4) is 0 Å². The van der Waals surface area contributed by atoms with Gasteiger partial charge in [0.05, 0.1) is 0 Å². The molecule has 0 saturated heterocycles. The van der Waals surface area contributed by atoms with E-state index in [0.29, 0.717) is 0 Å². The first-order chi connectivity index (χ1) is 27.7. The second kappa shape index (κ2) is 15.3. The van der Waals surface area contributed by atoms with Crippen molar-refractivity contribution in [2.45, 2.75) is 50.5 Å². The van der Waals surface area contributed by atoms with E-state index in [-0.39, 0.29) is 18.4 Å². The van der Waals surface area contributed by atoms with Crippen LogP contribution < -0.4 is 36.1 Å². The molecule has 0 aliphatic heterocycles. The van der Waals surface area contributed by atoms with E-state index in [4.69, 9.17) is 10.8 Å². The van der Waals surface area contributed by atoms with Crippen molar-refractivity contribution in [1.82, 2.24) is 23.0 Å². The van der Waals surface area contributed by atoms with Crippen LogP contribution in [0.1, 0.15) is 50.0 Å². The zero-order chi connectivity index (χ0) is 37.4. The van der Waals surface area contributed by atoms with Crippen molar-refractivity contribution in [2.24, 2.45) is 5.73 Å². The number of hydrogen-bond donors (Lipinski definition) is 3. The minimum absolute atomic E-state index is 0.233. The summed E-state index contributed by atoms with van der Waals surface area (Å²) >= 11 is -0.687. The molecule has 10 rings (SSSR count). The van der Waals surface area contributed by atoms with Gasteiger partial charge in [-0.15, -0.1) is 0 Å². The number of fused-ring (bicyclic) bond motifs is 6. The number of para-hydroxylation sites is 2. The topological polar surface area (TPSA) is 72.3 Å².